The van der Waals surface area contributed by atoms with Gasteiger partial charge in [0.1, 0.15) is 11.4 Å². The van der Waals surface area contributed by atoms with Crippen LogP contribution in [-0.4, -0.2) is 36.2 Å². The van der Waals surface area contributed by atoms with E-state index in [1.54, 1.807) is 4.90 Å². The lowest BCUT2D eigenvalue weighted by Gasteiger charge is -2.27. The molecular weight excluding hydrogens is 416 g/mol. The van der Waals surface area contributed by atoms with Crippen LogP contribution in [0, 0.1) is 0 Å². The first-order valence-corrected chi connectivity index (χ1v) is 8.94. The first-order chi connectivity index (χ1) is 10.2. The van der Waals surface area contributed by atoms with Gasteiger partial charge in [0.15, 0.2) is 4.67 Å². The molecule has 7 heteroatoms. The van der Waals surface area contributed by atoms with Gasteiger partial charge in [-0.3, -0.25) is 0 Å². The maximum atomic E-state index is 12.1. The average molecular weight is 440 g/mol. The van der Waals surface area contributed by atoms with E-state index in [1.807, 2.05) is 33.8 Å². The summed E-state index contributed by atoms with van der Waals surface area (Å²) in [4.78, 5) is 13.8. The Morgan fingerprint density at radius 2 is 2.05 bits per heavy atom. The van der Waals surface area contributed by atoms with Gasteiger partial charge < -0.3 is 19.4 Å². The largest absolute Gasteiger partial charge is 0.452 e. The van der Waals surface area contributed by atoms with Gasteiger partial charge in [0.25, 0.3) is 0 Å². The maximum Gasteiger partial charge on any atom is 0.410 e. The number of ether oxygens (including phenoxy) is 1. The first-order valence-electron chi connectivity index (χ1n) is 7.35. The molecule has 0 saturated carbocycles. The van der Waals surface area contributed by atoms with Crippen molar-refractivity contribution in [3.63, 3.8) is 0 Å². The minimum absolute atomic E-state index is 0.264. The fourth-order valence-electron chi connectivity index (χ4n) is 1.79. The quantitative estimate of drug-likeness (QED) is 0.633. The second-order valence-electron chi connectivity index (χ2n) is 5.98. The summed E-state index contributed by atoms with van der Waals surface area (Å²) in [5.74, 6) is 0.832. The maximum absolute atomic E-state index is 12.1. The number of halogens is 2. The minimum Gasteiger partial charge on any atom is -0.452 e. The summed E-state index contributed by atoms with van der Waals surface area (Å²) in [6.45, 7) is 10.2. The van der Waals surface area contributed by atoms with Gasteiger partial charge in [0.2, 0.25) is 0 Å². The van der Waals surface area contributed by atoms with Crippen LogP contribution in [0.2, 0.25) is 0 Å². The van der Waals surface area contributed by atoms with Gasteiger partial charge in [0, 0.05) is 19.6 Å². The molecule has 5 nitrogen and oxygen atoms in total. The van der Waals surface area contributed by atoms with E-state index in [0.717, 1.165) is 16.7 Å². The van der Waals surface area contributed by atoms with Crippen molar-refractivity contribution in [2.45, 2.75) is 46.3 Å². The van der Waals surface area contributed by atoms with E-state index < -0.39 is 5.60 Å². The Labute approximate surface area is 149 Å². The normalized spacial score (nSPS) is 11.5. The van der Waals surface area contributed by atoms with Crippen LogP contribution < -0.4 is 5.32 Å². The van der Waals surface area contributed by atoms with Gasteiger partial charge in [0.05, 0.1) is 11.0 Å². The molecule has 0 fully saturated rings. The molecule has 1 aromatic rings. The zero-order chi connectivity index (χ0) is 16.8. The monoisotopic (exact) mass is 438 g/mol. The van der Waals surface area contributed by atoms with Crippen molar-refractivity contribution in [2.75, 3.05) is 19.6 Å². The van der Waals surface area contributed by atoms with Crippen molar-refractivity contribution in [2.24, 2.45) is 0 Å². The molecular formula is C15H24Br2N2O3. The Morgan fingerprint density at radius 1 is 1.36 bits per heavy atom. The molecule has 22 heavy (non-hydrogen) atoms. The van der Waals surface area contributed by atoms with E-state index in [4.69, 9.17) is 9.15 Å². The Morgan fingerprint density at radius 3 is 2.55 bits per heavy atom. The van der Waals surface area contributed by atoms with Crippen molar-refractivity contribution in [1.82, 2.24) is 10.2 Å². The van der Waals surface area contributed by atoms with E-state index in [-0.39, 0.29) is 6.09 Å². The highest BCUT2D eigenvalue weighted by Crippen LogP contribution is 2.26. The summed E-state index contributed by atoms with van der Waals surface area (Å²) in [5.41, 5.74) is -0.469. The predicted molar refractivity (Wildman–Crippen MR) is 93.9 cm³/mol. The smallest absolute Gasteiger partial charge is 0.410 e. The molecule has 0 bridgehead atoms. The summed E-state index contributed by atoms with van der Waals surface area (Å²) in [6, 6.07) is 1.91. The van der Waals surface area contributed by atoms with E-state index in [0.29, 0.717) is 30.8 Å². The average Bonchev–Trinajstić information content (AvgIpc) is 2.70. The molecule has 0 radical (unpaired) electrons. The Bertz CT molecular complexity index is 464. The van der Waals surface area contributed by atoms with E-state index >= 15 is 0 Å². The number of hydrogen-bond acceptors (Lipinski definition) is 4. The van der Waals surface area contributed by atoms with Crippen LogP contribution in [0.1, 0.15) is 39.9 Å². The number of carbonyl (C=O) groups excluding carboxylic acids is 1. The zero-order valence-corrected chi connectivity index (χ0v) is 16.7. The number of rotatable bonds is 7. The van der Waals surface area contributed by atoms with Gasteiger partial charge in [-0.2, -0.15) is 0 Å². The Balaban J connectivity index is 2.39. The van der Waals surface area contributed by atoms with Gasteiger partial charge in [-0.05, 0) is 65.1 Å². The number of furan rings is 1. The third kappa shape index (κ3) is 7.15. The van der Waals surface area contributed by atoms with Crippen LogP contribution in [0.5, 0.6) is 0 Å². The lowest BCUT2D eigenvalue weighted by Crippen LogP contribution is -2.40. The topological polar surface area (TPSA) is 54.7 Å². The van der Waals surface area contributed by atoms with E-state index in [2.05, 4.69) is 37.2 Å². The predicted octanol–water partition coefficient (Wildman–Crippen LogP) is 4.54. The minimum atomic E-state index is -0.469. The van der Waals surface area contributed by atoms with Crippen LogP contribution in [0.4, 0.5) is 4.79 Å². The molecule has 1 amide bonds. The molecule has 0 spiro atoms. The molecule has 0 aliphatic rings. The van der Waals surface area contributed by atoms with Gasteiger partial charge in [-0.1, -0.05) is 6.92 Å². The molecule has 0 unspecified atom stereocenters. The van der Waals surface area contributed by atoms with Crippen molar-refractivity contribution in [3.05, 3.63) is 21.0 Å². The number of nitrogens with one attached hydrogen (secondary N) is 1. The van der Waals surface area contributed by atoms with Crippen LogP contribution in [-0.2, 0) is 11.3 Å². The third-order valence-electron chi connectivity index (χ3n) is 2.70. The van der Waals surface area contributed by atoms with Crippen LogP contribution in [0.3, 0.4) is 0 Å². The summed E-state index contributed by atoms with van der Waals surface area (Å²) in [7, 11) is 0. The van der Waals surface area contributed by atoms with Crippen molar-refractivity contribution < 1.29 is 13.9 Å². The molecule has 1 aromatic heterocycles. The summed E-state index contributed by atoms with van der Waals surface area (Å²) < 4.78 is 12.5. The fraction of sp³-hybridized carbons (Fsp3) is 0.667. The molecule has 1 heterocycles. The molecule has 0 aliphatic carbocycles. The lowest BCUT2D eigenvalue weighted by atomic mass is 10.2. The van der Waals surface area contributed by atoms with Gasteiger partial charge in [-0.15, -0.1) is 0 Å². The molecule has 0 atom stereocenters. The van der Waals surface area contributed by atoms with Gasteiger partial charge >= 0.3 is 6.09 Å². The van der Waals surface area contributed by atoms with E-state index in [9.17, 15) is 4.79 Å². The summed E-state index contributed by atoms with van der Waals surface area (Å²) in [6.07, 6.45) is 0.636. The standard InChI is InChI=1S/C15H24Br2N2O3/c1-5-7-19(14(20)22-15(2,3)4)8-6-18-10-11-9-12(16)13(17)21-11/h9,18H,5-8,10H2,1-4H3. The first kappa shape index (κ1) is 19.5. The highest BCUT2D eigenvalue weighted by molar-refractivity contribution is 9.13. The Hall–Kier alpha value is -0.530. The third-order valence-corrected chi connectivity index (χ3v) is 4.41. The number of carbonyl (C=O) groups is 1. The fourth-order valence-corrected chi connectivity index (χ4v) is 2.45. The van der Waals surface area contributed by atoms with Crippen molar-refractivity contribution in [3.8, 4) is 0 Å². The summed E-state index contributed by atoms with van der Waals surface area (Å²) >= 11 is 6.68. The molecule has 126 valence electrons. The number of nitrogens with zero attached hydrogens (tertiary/aromatic N) is 1. The highest BCUT2D eigenvalue weighted by atomic mass is 79.9. The number of amides is 1. The van der Waals surface area contributed by atoms with Gasteiger partial charge in [-0.25, -0.2) is 4.79 Å². The number of hydrogen-bond donors (Lipinski definition) is 1. The van der Waals surface area contributed by atoms with Crippen LogP contribution in [0.15, 0.2) is 19.6 Å². The van der Waals surface area contributed by atoms with Crippen molar-refractivity contribution >= 4 is 38.0 Å². The second-order valence-corrected chi connectivity index (χ2v) is 7.55. The summed E-state index contributed by atoms with van der Waals surface area (Å²) in [5, 5.41) is 3.26. The Kier molecular flexibility index (Phi) is 7.93. The molecule has 0 aliphatic heterocycles. The van der Waals surface area contributed by atoms with Crippen molar-refractivity contribution in [1.29, 1.82) is 0 Å². The SMILES string of the molecule is CCCN(CCNCc1cc(Br)c(Br)o1)C(=O)OC(C)(C)C. The molecule has 0 saturated heterocycles. The van der Waals surface area contributed by atoms with Crippen LogP contribution >= 0.6 is 31.9 Å². The second kappa shape index (κ2) is 8.93. The van der Waals surface area contributed by atoms with Crippen LogP contribution in [0.25, 0.3) is 0 Å². The molecule has 1 N–H and O–H groups in total. The zero-order valence-electron chi connectivity index (χ0n) is 13.5. The van der Waals surface area contributed by atoms with E-state index in [1.165, 1.54) is 0 Å². The highest BCUT2D eigenvalue weighted by Gasteiger charge is 2.21. The molecule has 1 rings (SSSR count). The molecule has 0 aromatic carbocycles. The lowest BCUT2D eigenvalue weighted by molar-refractivity contribution is 0.0251.